The van der Waals surface area contributed by atoms with Crippen molar-refractivity contribution >= 4 is 21.8 Å². The molecule has 0 radical (unpaired) electrons. The Morgan fingerprint density at radius 1 is 1.53 bits per heavy atom. The van der Waals surface area contributed by atoms with Crippen molar-refractivity contribution in [1.82, 2.24) is 4.90 Å². The maximum atomic E-state index is 11.4. The summed E-state index contributed by atoms with van der Waals surface area (Å²) in [5.41, 5.74) is 1.07. The van der Waals surface area contributed by atoms with E-state index in [4.69, 9.17) is 6.42 Å². The number of nitrogens with zero attached hydrogens (tertiary/aromatic N) is 1. The SMILES string of the molecule is C#CCC(=O)N(C)Cc1ccccc1Br. The highest BCUT2D eigenvalue weighted by atomic mass is 79.9. The Morgan fingerprint density at radius 2 is 2.20 bits per heavy atom. The lowest BCUT2D eigenvalue weighted by atomic mass is 10.2. The zero-order chi connectivity index (χ0) is 11.3. The molecule has 0 spiro atoms. The lowest BCUT2D eigenvalue weighted by Crippen LogP contribution is -2.25. The third-order valence-electron chi connectivity index (χ3n) is 2.04. The van der Waals surface area contributed by atoms with Crippen LogP contribution in [0.3, 0.4) is 0 Å². The maximum absolute atomic E-state index is 11.4. The number of carbonyl (C=O) groups is 1. The molecule has 0 aliphatic carbocycles. The first-order valence-electron chi connectivity index (χ1n) is 4.56. The number of hydrogen-bond donors (Lipinski definition) is 0. The molecule has 1 aromatic carbocycles. The number of benzene rings is 1. The average Bonchev–Trinajstić information content (AvgIpc) is 2.21. The Morgan fingerprint density at radius 3 is 2.80 bits per heavy atom. The van der Waals surface area contributed by atoms with E-state index in [-0.39, 0.29) is 12.3 Å². The quantitative estimate of drug-likeness (QED) is 0.769. The van der Waals surface area contributed by atoms with Crippen LogP contribution < -0.4 is 0 Å². The van der Waals surface area contributed by atoms with Crippen LogP contribution in [0.2, 0.25) is 0 Å². The third-order valence-corrected chi connectivity index (χ3v) is 2.82. The second-order valence-electron chi connectivity index (χ2n) is 3.22. The van der Waals surface area contributed by atoms with Gasteiger partial charge in [-0.2, -0.15) is 0 Å². The van der Waals surface area contributed by atoms with Crippen molar-refractivity contribution in [1.29, 1.82) is 0 Å². The first-order valence-corrected chi connectivity index (χ1v) is 5.35. The van der Waals surface area contributed by atoms with E-state index in [0.717, 1.165) is 10.0 Å². The Bertz CT molecular complexity index is 395. The zero-order valence-corrected chi connectivity index (χ0v) is 10.1. The fourth-order valence-electron chi connectivity index (χ4n) is 1.19. The van der Waals surface area contributed by atoms with Crippen LogP contribution in [0, 0.1) is 12.3 Å². The molecule has 0 bridgehead atoms. The Balaban J connectivity index is 2.67. The summed E-state index contributed by atoms with van der Waals surface area (Å²) in [6, 6.07) is 7.81. The first kappa shape index (κ1) is 11.8. The molecule has 0 saturated carbocycles. The van der Waals surface area contributed by atoms with Gasteiger partial charge < -0.3 is 4.90 Å². The van der Waals surface area contributed by atoms with Crippen LogP contribution in [0.25, 0.3) is 0 Å². The molecule has 0 aliphatic rings. The summed E-state index contributed by atoms with van der Waals surface area (Å²) < 4.78 is 1.00. The predicted octanol–water partition coefficient (Wildman–Crippen LogP) is 2.43. The van der Waals surface area contributed by atoms with E-state index in [9.17, 15) is 4.79 Å². The molecule has 1 rings (SSSR count). The van der Waals surface area contributed by atoms with E-state index in [1.165, 1.54) is 0 Å². The van der Waals surface area contributed by atoms with E-state index >= 15 is 0 Å². The predicted molar refractivity (Wildman–Crippen MR) is 64.1 cm³/mol. The van der Waals surface area contributed by atoms with Gasteiger partial charge in [-0.25, -0.2) is 0 Å². The van der Waals surface area contributed by atoms with Crippen molar-refractivity contribution in [3.05, 3.63) is 34.3 Å². The molecule has 0 aliphatic heterocycles. The average molecular weight is 266 g/mol. The maximum Gasteiger partial charge on any atom is 0.234 e. The summed E-state index contributed by atoms with van der Waals surface area (Å²) >= 11 is 3.43. The molecular formula is C12H12BrNO. The van der Waals surface area contributed by atoms with Crippen molar-refractivity contribution in [2.45, 2.75) is 13.0 Å². The van der Waals surface area contributed by atoms with E-state index in [1.807, 2.05) is 24.3 Å². The van der Waals surface area contributed by atoms with Crippen LogP contribution >= 0.6 is 15.9 Å². The van der Waals surface area contributed by atoms with Crippen LogP contribution in [0.5, 0.6) is 0 Å². The third kappa shape index (κ3) is 3.41. The van der Waals surface area contributed by atoms with Crippen molar-refractivity contribution in [3.8, 4) is 12.3 Å². The monoisotopic (exact) mass is 265 g/mol. The minimum atomic E-state index is -0.0340. The van der Waals surface area contributed by atoms with Crippen LogP contribution in [0.1, 0.15) is 12.0 Å². The zero-order valence-electron chi connectivity index (χ0n) is 8.53. The number of carbonyl (C=O) groups excluding carboxylic acids is 1. The van der Waals surface area contributed by atoms with Gasteiger partial charge in [0, 0.05) is 18.1 Å². The molecule has 0 heterocycles. The van der Waals surface area contributed by atoms with Gasteiger partial charge in [0.2, 0.25) is 5.91 Å². The summed E-state index contributed by atoms with van der Waals surface area (Å²) in [6.45, 7) is 0.571. The summed E-state index contributed by atoms with van der Waals surface area (Å²) in [7, 11) is 1.75. The second-order valence-corrected chi connectivity index (χ2v) is 4.08. The van der Waals surface area contributed by atoms with Gasteiger partial charge in [0.25, 0.3) is 0 Å². The molecule has 2 nitrogen and oxygen atoms in total. The highest BCUT2D eigenvalue weighted by Gasteiger charge is 2.08. The van der Waals surface area contributed by atoms with E-state index < -0.39 is 0 Å². The molecule has 0 unspecified atom stereocenters. The smallest absolute Gasteiger partial charge is 0.234 e. The highest BCUT2D eigenvalue weighted by molar-refractivity contribution is 9.10. The fraction of sp³-hybridized carbons (Fsp3) is 0.250. The van der Waals surface area contributed by atoms with Gasteiger partial charge in [0.1, 0.15) is 0 Å². The number of terminal acetylenes is 1. The van der Waals surface area contributed by atoms with Gasteiger partial charge in [0.15, 0.2) is 0 Å². The molecule has 3 heteroatoms. The topological polar surface area (TPSA) is 20.3 Å². The summed E-state index contributed by atoms with van der Waals surface area (Å²) in [6.07, 6.45) is 5.24. The molecule has 0 aromatic heterocycles. The van der Waals surface area contributed by atoms with Gasteiger partial charge in [-0.05, 0) is 11.6 Å². The van der Waals surface area contributed by atoms with E-state index in [0.29, 0.717) is 6.54 Å². The van der Waals surface area contributed by atoms with Gasteiger partial charge in [-0.15, -0.1) is 6.42 Å². The van der Waals surface area contributed by atoms with Crippen molar-refractivity contribution in [2.24, 2.45) is 0 Å². The Hall–Kier alpha value is -1.27. The highest BCUT2D eigenvalue weighted by Crippen LogP contribution is 2.17. The first-order chi connectivity index (χ1) is 7.15. The second kappa shape index (κ2) is 5.57. The van der Waals surface area contributed by atoms with Gasteiger partial charge in [0.05, 0.1) is 6.42 Å². The molecule has 1 aromatic rings. The fourth-order valence-corrected chi connectivity index (χ4v) is 1.60. The number of amides is 1. The van der Waals surface area contributed by atoms with E-state index in [1.54, 1.807) is 11.9 Å². The molecular weight excluding hydrogens is 254 g/mol. The standard InChI is InChI=1S/C12H12BrNO/c1-3-6-12(15)14(2)9-10-7-4-5-8-11(10)13/h1,4-5,7-8H,6,9H2,2H3. The van der Waals surface area contributed by atoms with Crippen LogP contribution in [0.15, 0.2) is 28.7 Å². The van der Waals surface area contributed by atoms with Crippen LogP contribution in [-0.2, 0) is 11.3 Å². The molecule has 15 heavy (non-hydrogen) atoms. The largest absolute Gasteiger partial charge is 0.341 e. The molecule has 0 fully saturated rings. The minimum absolute atomic E-state index is 0.0340. The van der Waals surface area contributed by atoms with Gasteiger partial charge in [-0.3, -0.25) is 4.79 Å². The molecule has 78 valence electrons. The molecule has 1 amide bonds. The lowest BCUT2D eigenvalue weighted by molar-refractivity contribution is -0.129. The van der Waals surface area contributed by atoms with E-state index in [2.05, 4.69) is 21.9 Å². The van der Waals surface area contributed by atoms with Crippen LogP contribution in [-0.4, -0.2) is 17.9 Å². The Labute approximate surface area is 98.4 Å². The summed E-state index contributed by atoms with van der Waals surface area (Å²) in [5, 5.41) is 0. The normalized spacial score (nSPS) is 9.40. The van der Waals surface area contributed by atoms with Crippen molar-refractivity contribution in [2.75, 3.05) is 7.05 Å². The number of halogens is 1. The number of rotatable bonds is 3. The molecule has 0 saturated heterocycles. The number of hydrogen-bond acceptors (Lipinski definition) is 1. The molecule has 0 atom stereocenters. The lowest BCUT2D eigenvalue weighted by Gasteiger charge is -2.16. The van der Waals surface area contributed by atoms with Crippen LogP contribution in [0.4, 0.5) is 0 Å². The Kier molecular flexibility index (Phi) is 4.38. The van der Waals surface area contributed by atoms with Crippen molar-refractivity contribution < 1.29 is 4.79 Å². The van der Waals surface area contributed by atoms with Gasteiger partial charge >= 0.3 is 0 Å². The minimum Gasteiger partial charge on any atom is -0.341 e. The summed E-state index contributed by atoms with van der Waals surface area (Å²) in [5.74, 6) is 2.31. The molecule has 0 N–H and O–H groups in total. The van der Waals surface area contributed by atoms with Gasteiger partial charge in [-0.1, -0.05) is 40.0 Å². The summed E-state index contributed by atoms with van der Waals surface area (Å²) in [4.78, 5) is 13.1. The van der Waals surface area contributed by atoms with Crippen molar-refractivity contribution in [3.63, 3.8) is 0 Å².